The molecule has 14 heavy (non-hydrogen) atoms. The molecule has 2 aliphatic carbocycles. The van der Waals surface area contributed by atoms with Gasteiger partial charge in [0.05, 0.1) is 6.61 Å². The normalized spacial score (nSPS) is 24.2. The molecule has 0 aromatic heterocycles. The summed E-state index contributed by atoms with van der Waals surface area (Å²) in [5.41, 5.74) is 0. The number of nitrogens with zero attached hydrogens (tertiary/aromatic N) is 1. The van der Waals surface area contributed by atoms with Gasteiger partial charge in [-0.15, -0.1) is 0 Å². The van der Waals surface area contributed by atoms with Gasteiger partial charge in [0.1, 0.15) is 0 Å². The van der Waals surface area contributed by atoms with Gasteiger partial charge in [-0.2, -0.15) is 0 Å². The number of likely N-dealkylation sites (N-methyl/N-ethyl adjacent to an activating group) is 1. The first-order valence-electron chi connectivity index (χ1n) is 5.75. The van der Waals surface area contributed by atoms with Crippen molar-refractivity contribution in [3.05, 3.63) is 0 Å². The van der Waals surface area contributed by atoms with E-state index in [1.165, 1.54) is 25.7 Å². The Bertz CT molecular complexity index is 178. The molecule has 0 aliphatic heterocycles. The predicted molar refractivity (Wildman–Crippen MR) is 57.5 cm³/mol. The molecule has 0 bridgehead atoms. The summed E-state index contributed by atoms with van der Waals surface area (Å²) in [7, 11) is 4.03. The van der Waals surface area contributed by atoms with Crippen LogP contribution in [0.15, 0.2) is 0 Å². The second-order valence-corrected chi connectivity index (χ2v) is 4.69. The minimum Gasteiger partial charge on any atom is -0.383 e. The smallest absolute Gasteiger partial charge is 0.0630 e. The van der Waals surface area contributed by atoms with E-state index < -0.39 is 0 Å². The highest BCUT2D eigenvalue weighted by Gasteiger charge is 2.31. The number of methoxy groups -OCH3 is 1. The van der Waals surface area contributed by atoms with Gasteiger partial charge in [0.15, 0.2) is 0 Å². The van der Waals surface area contributed by atoms with Crippen LogP contribution in [0.4, 0.5) is 0 Å². The molecule has 0 spiro atoms. The Morgan fingerprint density at radius 3 is 2.57 bits per heavy atom. The highest BCUT2D eigenvalue weighted by Crippen LogP contribution is 2.27. The minimum atomic E-state index is 0.563. The molecule has 3 nitrogen and oxygen atoms in total. The molecule has 0 saturated heterocycles. The van der Waals surface area contributed by atoms with Crippen molar-refractivity contribution in [1.82, 2.24) is 10.2 Å². The fourth-order valence-corrected chi connectivity index (χ4v) is 1.88. The fraction of sp³-hybridized carbons (Fsp3) is 1.00. The second-order valence-electron chi connectivity index (χ2n) is 4.69. The number of rotatable bonds is 7. The summed E-state index contributed by atoms with van der Waals surface area (Å²) in [6.07, 6.45) is 5.49. The van der Waals surface area contributed by atoms with Crippen LogP contribution in [0.5, 0.6) is 0 Å². The lowest BCUT2D eigenvalue weighted by Gasteiger charge is -2.27. The van der Waals surface area contributed by atoms with Gasteiger partial charge in [0.2, 0.25) is 0 Å². The average Bonchev–Trinajstić information content (AvgIpc) is 3.05. The molecule has 1 unspecified atom stereocenters. The van der Waals surface area contributed by atoms with Crippen LogP contribution in [0.3, 0.4) is 0 Å². The van der Waals surface area contributed by atoms with Crippen molar-refractivity contribution in [2.24, 2.45) is 0 Å². The topological polar surface area (TPSA) is 24.5 Å². The summed E-state index contributed by atoms with van der Waals surface area (Å²) in [6, 6.07) is 2.20. The van der Waals surface area contributed by atoms with Gasteiger partial charge in [-0.1, -0.05) is 0 Å². The van der Waals surface area contributed by atoms with Crippen molar-refractivity contribution in [2.45, 2.75) is 43.8 Å². The van der Waals surface area contributed by atoms with E-state index in [0.717, 1.165) is 25.2 Å². The number of ether oxygens (including phenoxy) is 1. The third kappa shape index (κ3) is 2.94. The van der Waals surface area contributed by atoms with Gasteiger partial charge in [0.25, 0.3) is 0 Å². The molecular formula is C11H22N2O. The zero-order valence-corrected chi connectivity index (χ0v) is 9.33. The average molecular weight is 198 g/mol. The quantitative estimate of drug-likeness (QED) is 0.656. The minimum absolute atomic E-state index is 0.563. The maximum atomic E-state index is 5.27. The van der Waals surface area contributed by atoms with Crippen molar-refractivity contribution in [3.8, 4) is 0 Å². The zero-order valence-electron chi connectivity index (χ0n) is 9.33. The molecule has 0 radical (unpaired) electrons. The van der Waals surface area contributed by atoms with Crippen molar-refractivity contribution in [3.63, 3.8) is 0 Å². The van der Waals surface area contributed by atoms with E-state index in [-0.39, 0.29) is 0 Å². The molecule has 1 atom stereocenters. The summed E-state index contributed by atoms with van der Waals surface area (Å²) in [5.74, 6) is 0. The maximum Gasteiger partial charge on any atom is 0.0630 e. The van der Waals surface area contributed by atoms with Gasteiger partial charge in [-0.25, -0.2) is 0 Å². The summed E-state index contributed by atoms with van der Waals surface area (Å²) >= 11 is 0. The van der Waals surface area contributed by atoms with Gasteiger partial charge < -0.3 is 10.1 Å². The Kier molecular flexibility index (Phi) is 3.42. The zero-order chi connectivity index (χ0) is 9.97. The van der Waals surface area contributed by atoms with Crippen LogP contribution in [0.2, 0.25) is 0 Å². The third-order valence-corrected chi connectivity index (χ3v) is 3.28. The van der Waals surface area contributed by atoms with E-state index in [0.29, 0.717) is 6.04 Å². The van der Waals surface area contributed by atoms with E-state index in [4.69, 9.17) is 4.74 Å². The summed E-state index contributed by atoms with van der Waals surface area (Å²) in [4.78, 5) is 2.49. The summed E-state index contributed by atoms with van der Waals surface area (Å²) in [5, 5.41) is 3.58. The SMILES string of the molecule is COCC(CNC1CC1)N(C)C1CC1. The molecule has 0 heterocycles. The van der Waals surface area contributed by atoms with Crippen molar-refractivity contribution < 1.29 is 4.74 Å². The van der Waals surface area contributed by atoms with Crippen LogP contribution < -0.4 is 5.32 Å². The van der Waals surface area contributed by atoms with E-state index in [2.05, 4.69) is 17.3 Å². The van der Waals surface area contributed by atoms with Gasteiger partial charge in [0, 0.05) is 31.8 Å². The van der Waals surface area contributed by atoms with Gasteiger partial charge in [-0.05, 0) is 32.7 Å². The molecule has 82 valence electrons. The Labute approximate surface area is 86.8 Å². The third-order valence-electron chi connectivity index (χ3n) is 3.28. The van der Waals surface area contributed by atoms with Crippen LogP contribution in [-0.4, -0.2) is 50.3 Å². The monoisotopic (exact) mass is 198 g/mol. The maximum absolute atomic E-state index is 5.27. The van der Waals surface area contributed by atoms with E-state index in [1.807, 2.05) is 0 Å². The molecule has 0 aromatic carbocycles. The first-order chi connectivity index (χ1) is 6.81. The highest BCUT2D eigenvalue weighted by molar-refractivity contribution is 4.89. The molecule has 2 saturated carbocycles. The molecule has 2 aliphatic rings. The van der Waals surface area contributed by atoms with Crippen LogP contribution in [0, 0.1) is 0 Å². The first-order valence-corrected chi connectivity index (χ1v) is 5.75. The van der Waals surface area contributed by atoms with Crippen LogP contribution in [-0.2, 0) is 4.74 Å². The largest absolute Gasteiger partial charge is 0.383 e. The molecular weight excluding hydrogens is 176 g/mol. The first kappa shape index (κ1) is 10.4. The second kappa shape index (κ2) is 4.60. The fourth-order valence-electron chi connectivity index (χ4n) is 1.88. The highest BCUT2D eigenvalue weighted by atomic mass is 16.5. The molecule has 1 N–H and O–H groups in total. The van der Waals surface area contributed by atoms with Crippen molar-refractivity contribution in [2.75, 3.05) is 27.3 Å². The Morgan fingerprint density at radius 1 is 1.36 bits per heavy atom. The molecule has 0 aromatic rings. The van der Waals surface area contributed by atoms with E-state index in [9.17, 15) is 0 Å². The number of hydrogen-bond acceptors (Lipinski definition) is 3. The van der Waals surface area contributed by atoms with Gasteiger partial charge >= 0.3 is 0 Å². The van der Waals surface area contributed by atoms with E-state index >= 15 is 0 Å². The summed E-state index contributed by atoms with van der Waals surface area (Å²) in [6.45, 7) is 1.94. The lowest BCUT2D eigenvalue weighted by molar-refractivity contribution is 0.101. The summed E-state index contributed by atoms with van der Waals surface area (Å²) < 4.78 is 5.27. The molecule has 2 rings (SSSR count). The van der Waals surface area contributed by atoms with Crippen LogP contribution in [0.1, 0.15) is 25.7 Å². The Balaban J connectivity index is 1.72. The predicted octanol–water partition coefficient (Wildman–Crippen LogP) is 0.848. The van der Waals surface area contributed by atoms with Crippen molar-refractivity contribution >= 4 is 0 Å². The van der Waals surface area contributed by atoms with Crippen LogP contribution in [0.25, 0.3) is 0 Å². The molecule has 2 fully saturated rings. The van der Waals surface area contributed by atoms with Crippen molar-refractivity contribution in [1.29, 1.82) is 0 Å². The number of nitrogens with one attached hydrogen (secondary N) is 1. The van der Waals surface area contributed by atoms with E-state index in [1.54, 1.807) is 7.11 Å². The standard InChI is InChI=1S/C11H22N2O/c1-13(10-5-6-10)11(8-14-2)7-12-9-3-4-9/h9-12H,3-8H2,1-2H3. The van der Waals surface area contributed by atoms with Gasteiger partial charge in [-0.3, -0.25) is 4.90 Å². The van der Waals surface area contributed by atoms with Crippen LogP contribution >= 0.6 is 0 Å². The molecule has 0 amide bonds. The Morgan fingerprint density at radius 2 is 2.07 bits per heavy atom. The molecule has 3 heteroatoms. The lowest BCUT2D eigenvalue weighted by Crippen LogP contribution is -2.44. The Hall–Kier alpha value is -0.120. The lowest BCUT2D eigenvalue weighted by atomic mass is 10.2. The number of hydrogen-bond donors (Lipinski definition) is 1.